The molecule has 2 aliphatic carbocycles. The van der Waals surface area contributed by atoms with E-state index in [4.69, 9.17) is 0 Å². The van der Waals surface area contributed by atoms with E-state index in [1.807, 2.05) is 0 Å². The van der Waals surface area contributed by atoms with Gasteiger partial charge >= 0.3 is 0 Å². The van der Waals surface area contributed by atoms with Crippen molar-refractivity contribution in [2.45, 2.75) is 69.9 Å². The molecule has 0 nitrogen and oxygen atoms in total. The summed E-state index contributed by atoms with van der Waals surface area (Å²) in [5, 5.41) is 3.05. The van der Waals surface area contributed by atoms with Gasteiger partial charge in [0, 0.05) is 4.47 Å². The molecule has 0 N–H and O–H groups in total. The van der Waals surface area contributed by atoms with Crippen molar-refractivity contribution in [2.75, 3.05) is 0 Å². The highest BCUT2D eigenvalue weighted by molar-refractivity contribution is 9.10. The van der Waals surface area contributed by atoms with E-state index in [9.17, 15) is 0 Å². The van der Waals surface area contributed by atoms with Gasteiger partial charge in [-0.05, 0) is 60.5 Å². The number of halogens is 1. The van der Waals surface area contributed by atoms with Crippen LogP contribution >= 0.6 is 23.9 Å². The Hall–Kier alpha value is -1.43. The van der Waals surface area contributed by atoms with E-state index in [1.54, 1.807) is 0 Å². The van der Waals surface area contributed by atoms with Crippen molar-refractivity contribution < 1.29 is 0 Å². The molecule has 5 rings (SSSR count). The Kier molecular flexibility index (Phi) is 9.01. The Morgan fingerprint density at radius 3 is 1.69 bits per heavy atom. The van der Waals surface area contributed by atoms with Gasteiger partial charge in [-0.3, -0.25) is 0 Å². The first-order chi connectivity index (χ1) is 15.8. The third-order valence-corrected chi connectivity index (χ3v) is 11.0. The van der Waals surface area contributed by atoms with E-state index < -0.39 is 0 Å². The largest absolute Gasteiger partial charge is 0.0622 e. The maximum absolute atomic E-state index is 3.80. The standard InChI is InChI=1S/C25H26BrP.C5H10/c1-19(22-15-8-9-17-24(22)26)23-16-10-18-25(23)27(20-11-4-2-5-12-20)21-13-6-3-7-14-21;1-2-4-5-3-1/h2-9,11-15,17,19,23,25H,10,16,18H2,1H3;1-5H2/t19-,23?,25?;/m0./s1. The second-order valence-electron chi connectivity index (χ2n) is 9.28. The Morgan fingerprint density at radius 1 is 0.656 bits per heavy atom. The highest BCUT2D eigenvalue weighted by Gasteiger charge is 2.38. The molecule has 0 saturated heterocycles. The van der Waals surface area contributed by atoms with Gasteiger partial charge in [-0.25, -0.2) is 0 Å². The summed E-state index contributed by atoms with van der Waals surface area (Å²) in [6, 6.07) is 31.3. The van der Waals surface area contributed by atoms with Gasteiger partial charge in [0.2, 0.25) is 0 Å². The first-order valence-electron chi connectivity index (χ1n) is 12.4. The van der Waals surface area contributed by atoms with E-state index in [0.717, 1.165) is 11.6 Å². The fraction of sp³-hybridized carbons (Fsp3) is 0.400. The quantitative estimate of drug-likeness (QED) is 0.303. The second-order valence-corrected chi connectivity index (χ2v) is 12.6. The van der Waals surface area contributed by atoms with Gasteiger partial charge in [0.05, 0.1) is 0 Å². The van der Waals surface area contributed by atoms with Crippen LogP contribution in [0.15, 0.2) is 89.4 Å². The zero-order valence-electron chi connectivity index (χ0n) is 19.3. The first-order valence-corrected chi connectivity index (χ1v) is 14.6. The molecule has 2 heteroatoms. The van der Waals surface area contributed by atoms with E-state index in [0.29, 0.717) is 5.92 Å². The van der Waals surface area contributed by atoms with Gasteiger partial charge in [-0.1, -0.05) is 140 Å². The summed E-state index contributed by atoms with van der Waals surface area (Å²) in [5.74, 6) is 1.31. The summed E-state index contributed by atoms with van der Waals surface area (Å²) in [6.07, 6.45) is 11.5. The van der Waals surface area contributed by atoms with Crippen LogP contribution in [0.4, 0.5) is 0 Å². The maximum Gasteiger partial charge on any atom is 0.0210 e. The summed E-state index contributed by atoms with van der Waals surface area (Å²) in [6.45, 7) is 2.44. The zero-order valence-corrected chi connectivity index (χ0v) is 21.8. The van der Waals surface area contributed by atoms with Crippen molar-refractivity contribution in [3.8, 4) is 0 Å². The van der Waals surface area contributed by atoms with Crippen LogP contribution in [0.5, 0.6) is 0 Å². The van der Waals surface area contributed by atoms with E-state index in [1.165, 1.54) is 72.0 Å². The molecule has 2 aliphatic rings. The zero-order chi connectivity index (χ0) is 22.2. The van der Waals surface area contributed by atoms with Crippen LogP contribution in [-0.2, 0) is 0 Å². The Morgan fingerprint density at radius 2 is 1.16 bits per heavy atom. The van der Waals surface area contributed by atoms with Crippen molar-refractivity contribution in [1.29, 1.82) is 0 Å². The fourth-order valence-electron chi connectivity index (χ4n) is 5.54. The molecule has 0 radical (unpaired) electrons. The Balaban J connectivity index is 0.000000433. The predicted octanol–water partition coefficient (Wildman–Crippen LogP) is 8.80. The second kappa shape index (κ2) is 12.2. The lowest BCUT2D eigenvalue weighted by Gasteiger charge is -2.34. The highest BCUT2D eigenvalue weighted by Crippen LogP contribution is 2.54. The lowest BCUT2D eigenvalue weighted by atomic mass is 9.86. The van der Waals surface area contributed by atoms with Crippen molar-refractivity contribution >= 4 is 34.5 Å². The van der Waals surface area contributed by atoms with Crippen molar-refractivity contribution in [2.24, 2.45) is 5.92 Å². The monoisotopic (exact) mass is 506 g/mol. The molecule has 0 aliphatic heterocycles. The third kappa shape index (κ3) is 5.92. The molecule has 32 heavy (non-hydrogen) atoms. The molecule has 0 heterocycles. The van der Waals surface area contributed by atoms with Gasteiger partial charge < -0.3 is 0 Å². The topological polar surface area (TPSA) is 0 Å². The van der Waals surface area contributed by atoms with Gasteiger partial charge in [-0.15, -0.1) is 0 Å². The van der Waals surface area contributed by atoms with Crippen LogP contribution in [0, 0.1) is 5.92 Å². The fourth-order valence-corrected chi connectivity index (χ4v) is 9.47. The van der Waals surface area contributed by atoms with Gasteiger partial charge in [0.25, 0.3) is 0 Å². The minimum atomic E-state index is -0.339. The average molecular weight is 507 g/mol. The lowest BCUT2D eigenvalue weighted by Crippen LogP contribution is -2.27. The van der Waals surface area contributed by atoms with E-state index >= 15 is 0 Å². The minimum Gasteiger partial charge on any atom is -0.0622 e. The molecule has 168 valence electrons. The van der Waals surface area contributed by atoms with Crippen LogP contribution in [0.3, 0.4) is 0 Å². The van der Waals surface area contributed by atoms with Crippen LogP contribution < -0.4 is 10.6 Å². The van der Waals surface area contributed by atoms with Crippen LogP contribution in [0.1, 0.15) is 69.8 Å². The summed E-state index contributed by atoms with van der Waals surface area (Å²) in [7, 11) is -0.339. The molecule has 0 bridgehead atoms. The summed E-state index contributed by atoms with van der Waals surface area (Å²) in [4.78, 5) is 0. The normalized spacial score (nSPS) is 21.2. The molecule has 3 aromatic carbocycles. The highest BCUT2D eigenvalue weighted by atomic mass is 79.9. The first kappa shape index (κ1) is 23.7. The molecular formula is C30H36BrP. The molecule has 2 fully saturated rings. The third-order valence-electron chi connectivity index (χ3n) is 7.22. The number of rotatable bonds is 5. The van der Waals surface area contributed by atoms with Gasteiger partial charge in [0.15, 0.2) is 0 Å². The minimum absolute atomic E-state index is 0.339. The molecule has 2 unspecified atom stereocenters. The molecule has 0 spiro atoms. The molecule has 3 aromatic rings. The Bertz CT molecular complexity index is 888. The SMILES string of the molecule is C1CCCC1.C[C@@H](c1ccccc1Br)C1CCCC1P(c1ccccc1)c1ccccc1. The molecule has 3 atom stereocenters. The number of hydrogen-bond acceptors (Lipinski definition) is 0. The molecule has 2 saturated carbocycles. The number of benzene rings is 3. The van der Waals surface area contributed by atoms with Gasteiger partial charge in [0.1, 0.15) is 0 Å². The summed E-state index contributed by atoms with van der Waals surface area (Å²) >= 11 is 3.80. The van der Waals surface area contributed by atoms with Crippen LogP contribution in [-0.4, -0.2) is 5.66 Å². The summed E-state index contributed by atoms with van der Waals surface area (Å²) < 4.78 is 1.26. The van der Waals surface area contributed by atoms with Crippen LogP contribution in [0.2, 0.25) is 0 Å². The molecular weight excluding hydrogens is 471 g/mol. The van der Waals surface area contributed by atoms with Crippen molar-refractivity contribution in [3.63, 3.8) is 0 Å². The van der Waals surface area contributed by atoms with Crippen LogP contribution in [0.25, 0.3) is 0 Å². The summed E-state index contributed by atoms with van der Waals surface area (Å²) in [5.41, 5.74) is 2.21. The molecule has 0 aromatic heterocycles. The predicted molar refractivity (Wildman–Crippen MR) is 146 cm³/mol. The van der Waals surface area contributed by atoms with Gasteiger partial charge in [-0.2, -0.15) is 0 Å². The maximum atomic E-state index is 3.80. The lowest BCUT2D eigenvalue weighted by molar-refractivity contribution is 0.466. The Labute approximate surface area is 204 Å². The number of hydrogen-bond donors (Lipinski definition) is 0. The van der Waals surface area contributed by atoms with E-state index in [2.05, 4.69) is 108 Å². The average Bonchev–Trinajstić information content (AvgIpc) is 3.57. The smallest absolute Gasteiger partial charge is 0.0210 e. The van der Waals surface area contributed by atoms with Crippen molar-refractivity contribution in [1.82, 2.24) is 0 Å². The van der Waals surface area contributed by atoms with E-state index in [-0.39, 0.29) is 7.92 Å². The van der Waals surface area contributed by atoms with Crippen molar-refractivity contribution in [3.05, 3.63) is 95.0 Å². The molecule has 0 amide bonds.